The molecule has 6 heteroatoms. The van der Waals surface area contributed by atoms with Gasteiger partial charge in [-0.3, -0.25) is 9.59 Å². The molecule has 2 aliphatic rings. The second-order valence-electron chi connectivity index (χ2n) is 6.12. The molecule has 1 fully saturated rings. The minimum absolute atomic E-state index is 0.111. The molecule has 2 atom stereocenters. The fourth-order valence-electron chi connectivity index (χ4n) is 3.42. The number of Topliss-reactive ketones (excluding diaryl/α,β-unsaturated/α-hetero) is 1. The number of piperidine rings is 1. The van der Waals surface area contributed by atoms with E-state index in [0.717, 1.165) is 24.1 Å². The first-order chi connectivity index (χ1) is 9.97. The van der Waals surface area contributed by atoms with Gasteiger partial charge in [0.1, 0.15) is 5.69 Å². The maximum absolute atomic E-state index is 12.7. The van der Waals surface area contributed by atoms with Crippen molar-refractivity contribution in [2.75, 3.05) is 13.1 Å². The molecule has 1 aromatic rings. The molecule has 114 valence electrons. The van der Waals surface area contributed by atoms with Gasteiger partial charge in [-0.05, 0) is 31.7 Å². The zero-order chi connectivity index (χ0) is 15.1. The van der Waals surface area contributed by atoms with Gasteiger partial charge in [-0.2, -0.15) is 0 Å². The number of aliphatic hydroxyl groups is 1. The Bertz CT molecular complexity index is 583. The van der Waals surface area contributed by atoms with Crippen molar-refractivity contribution in [1.29, 1.82) is 0 Å². The summed E-state index contributed by atoms with van der Waals surface area (Å²) in [6, 6.07) is -0.204. The molecular weight excluding hydrogens is 270 g/mol. The largest absolute Gasteiger partial charge is 0.391 e. The average molecular weight is 291 g/mol. The molecule has 1 aliphatic carbocycles. The Morgan fingerprint density at radius 2 is 2.14 bits per heavy atom. The van der Waals surface area contributed by atoms with E-state index in [1.807, 2.05) is 6.92 Å². The van der Waals surface area contributed by atoms with Gasteiger partial charge in [0, 0.05) is 36.8 Å². The first-order valence-electron chi connectivity index (χ1n) is 7.45. The standard InChI is InChI=1S/C15H21N3O3/c1-8-13-11(3-2-4-12(13)20)17-14(8)15(21)18-6-9(16)5-10(19)7-18/h9-10,17,19H,2-7,16H2,1H3/t9-,10+/m0/s1. The predicted molar refractivity (Wildman–Crippen MR) is 77.3 cm³/mol. The van der Waals surface area contributed by atoms with Crippen LogP contribution in [0.3, 0.4) is 0 Å². The number of amides is 1. The summed E-state index contributed by atoms with van der Waals surface area (Å²) in [4.78, 5) is 29.4. The van der Waals surface area contributed by atoms with E-state index in [1.165, 1.54) is 0 Å². The second-order valence-corrected chi connectivity index (χ2v) is 6.12. The summed E-state index contributed by atoms with van der Waals surface area (Å²) < 4.78 is 0. The number of likely N-dealkylation sites (tertiary alicyclic amines) is 1. The zero-order valence-electron chi connectivity index (χ0n) is 12.2. The number of hydrogen-bond donors (Lipinski definition) is 3. The molecular formula is C15H21N3O3. The maximum Gasteiger partial charge on any atom is 0.270 e. The zero-order valence-corrected chi connectivity index (χ0v) is 12.2. The summed E-state index contributed by atoms with van der Waals surface area (Å²) in [6.07, 6.45) is 2.11. The van der Waals surface area contributed by atoms with E-state index in [4.69, 9.17) is 5.73 Å². The molecule has 1 aromatic heterocycles. The van der Waals surface area contributed by atoms with Crippen molar-refractivity contribution in [3.63, 3.8) is 0 Å². The molecule has 2 heterocycles. The highest BCUT2D eigenvalue weighted by Crippen LogP contribution is 2.27. The van der Waals surface area contributed by atoms with Crippen LogP contribution >= 0.6 is 0 Å². The summed E-state index contributed by atoms with van der Waals surface area (Å²) in [5.74, 6) is -0.0664. The summed E-state index contributed by atoms with van der Waals surface area (Å²) in [5.41, 5.74) is 8.63. The van der Waals surface area contributed by atoms with Crippen molar-refractivity contribution >= 4 is 11.7 Å². The Morgan fingerprint density at radius 3 is 2.81 bits per heavy atom. The number of carbonyl (C=O) groups excluding carboxylic acids is 2. The summed E-state index contributed by atoms with van der Waals surface area (Å²) in [5, 5.41) is 9.78. The molecule has 1 saturated heterocycles. The molecule has 3 rings (SSSR count). The third kappa shape index (κ3) is 2.49. The predicted octanol–water partition coefficient (Wildman–Crippen LogP) is 0.376. The highest BCUT2D eigenvalue weighted by molar-refractivity contribution is 6.04. The normalized spacial score (nSPS) is 25.9. The molecule has 0 unspecified atom stereocenters. The lowest BCUT2D eigenvalue weighted by Crippen LogP contribution is -2.51. The van der Waals surface area contributed by atoms with Gasteiger partial charge in [0.25, 0.3) is 5.91 Å². The fourth-order valence-corrected chi connectivity index (χ4v) is 3.42. The monoisotopic (exact) mass is 291 g/mol. The van der Waals surface area contributed by atoms with Crippen LogP contribution in [-0.4, -0.2) is 51.9 Å². The molecule has 0 spiro atoms. The number of nitrogens with one attached hydrogen (secondary N) is 1. The number of ketones is 1. The lowest BCUT2D eigenvalue weighted by Gasteiger charge is -2.33. The van der Waals surface area contributed by atoms with Crippen molar-refractivity contribution in [3.05, 3.63) is 22.5 Å². The number of H-pyrrole nitrogens is 1. The molecule has 1 aliphatic heterocycles. The first-order valence-corrected chi connectivity index (χ1v) is 7.45. The number of aromatic amines is 1. The van der Waals surface area contributed by atoms with Gasteiger partial charge < -0.3 is 20.7 Å². The van der Waals surface area contributed by atoms with Gasteiger partial charge in [-0.25, -0.2) is 0 Å². The number of fused-ring (bicyclic) bond motifs is 1. The van der Waals surface area contributed by atoms with Crippen molar-refractivity contribution in [3.8, 4) is 0 Å². The fraction of sp³-hybridized carbons (Fsp3) is 0.600. The third-order valence-electron chi connectivity index (χ3n) is 4.40. The smallest absolute Gasteiger partial charge is 0.270 e. The molecule has 21 heavy (non-hydrogen) atoms. The SMILES string of the molecule is Cc1c(C(=O)N2C[C@@H](N)C[C@@H](O)C2)[nH]c2c1C(=O)CCC2. The third-order valence-corrected chi connectivity index (χ3v) is 4.40. The van der Waals surface area contributed by atoms with Crippen LogP contribution in [0.15, 0.2) is 0 Å². The van der Waals surface area contributed by atoms with Crippen molar-refractivity contribution in [2.24, 2.45) is 5.73 Å². The Kier molecular flexibility index (Phi) is 3.59. The van der Waals surface area contributed by atoms with E-state index in [-0.39, 0.29) is 17.7 Å². The molecule has 0 bridgehead atoms. The van der Waals surface area contributed by atoms with Crippen molar-refractivity contribution in [1.82, 2.24) is 9.88 Å². The van der Waals surface area contributed by atoms with Gasteiger partial charge in [-0.15, -0.1) is 0 Å². The van der Waals surface area contributed by atoms with Gasteiger partial charge in [0.15, 0.2) is 5.78 Å². The number of aryl methyl sites for hydroxylation is 1. The van der Waals surface area contributed by atoms with Crippen LogP contribution < -0.4 is 5.73 Å². The lowest BCUT2D eigenvalue weighted by molar-refractivity contribution is 0.0419. The van der Waals surface area contributed by atoms with Gasteiger partial charge in [0.05, 0.1) is 6.10 Å². The molecule has 4 N–H and O–H groups in total. The Balaban J connectivity index is 1.90. The number of β-amino-alcohol motifs (C(OH)–C–C–N with tert-alkyl or cyclic N) is 1. The van der Waals surface area contributed by atoms with E-state index >= 15 is 0 Å². The Morgan fingerprint density at radius 1 is 1.38 bits per heavy atom. The van der Waals surface area contributed by atoms with Gasteiger partial charge in [0.2, 0.25) is 0 Å². The van der Waals surface area contributed by atoms with Crippen LogP contribution in [0.4, 0.5) is 0 Å². The highest BCUT2D eigenvalue weighted by Gasteiger charge is 2.32. The van der Waals surface area contributed by atoms with E-state index in [0.29, 0.717) is 37.2 Å². The van der Waals surface area contributed by atoms with Crippen LogP contribution in [0.1, 0.15) is 51.4 Å². The van der Waals surface area contributed by atoms with Crippen LogP contribution in [-0.2, 0) is 6.42 Å². The lowest BCUT2D eigenvalue weighted by atomic mass is 9.93. The number of nitrogens with zero attached hydrogens (tertiary/aromatic N) is 1. The van der Waals surface area contributed by atoms with Gasteiger partial charge >= 0.3 is 0 Å². The number of aromatic nitrogens is 1. The Hall–Kier alpha value is -1.66. The number of rotatable bonds is 1. The van der Waals surface area contributed by atoms with Gasteiger partial charge in [-0.1, -0.05) is 0 Å². The van der Waals surface area contributed by atoms with Crippen LogP contribution in [0.2, 0.25) is 0 Å². The minimum Gasteiger partial charge on any atom is -0.391 e. The number of carbonyl (C=O) groups is 2. The number of nitrogens with two attached hydrogens (primary N) is 1. The van der Waals surface area contributed by atoms with Crippen LogP contribution in [0.25, 0.3) is 0 Å². The topological polar surface area (TPSA) is 99.4 Å². The number of hydrogen-bond acceptors (Lipinski definition) is 4. The average Bonchev–Trinajstić information content (AvgIpc) is 2.75. The highest BCUT2D eigenvalue weighted by atomic mass is 16.3. The Labute approximate surface area is 123 Å². The molecule has 6 nitrogen and oxygen atoms in total. The minimum atomic E-state index is -0.579. The molecule has 0 saturated carbocycles. The summed E-state index contributed by atoms with van der Waals surface area (Å²) >= 11 is 0. The summed E-state index contributed by atoms with van der Waals surface area (Å²) in [7, 11) is 0. The molecule has 0 aromatic carbocycles. The van der Waals surface area contributed by atoms with Crippen molar-refractivity contribution < 1.29 is 14.7 Å². The summed E-state index contributed by atoms with van der Waals surface area (Å²) in [6.45, 7) is 2.54. The maximum atomic E-state index is 12.7. The molecule has 0 radical (unpaired) electrons. The quantitative estimate of drug-likeness (QED) is 0.696. The first kappa shape index (κ1) is 14.3. The van der Waals surface area contributed by atoms with E-state index in [9.17, 15) is 14.7 Å². The van der Waals surface area contributed by atoms with Crippen LogP contribution in [0, 0.1) is 6.92 Å². The van der Waals surface area contributed by atoms with Crippen molar-refractivity contribution in [2.45, 2.75) is 44.8 Å². The molecule has 1 amide bonds. The van der Waals surface area contributed by atoms with E-state index < -0.39 is 6.10 Å². The number of aliphatic hydroxyl groups excluding tert-OH is 1. The second kappa shape index (κ2) is 5.27. The van der Waals surface area contributed by atoms with Crippen LogP contribution in [0.5, 0.6) is 0 Å². The van der Waals surface area contributed by atoms with E-state index in [2.05, 4.69) is 4.98 Å². The van der Waals surface area contributed by atoms with E-state index in [1.54, 1.807) is 4.90 Å².